The molecule has 2 aliphatic heterocycles. The van der Waals surface area contributed by atoms with E-state index in [1.54, 1.807) is 53.3 Å². The third-order valence-electron chi connectivity index (χ3n) is 8.42. The maximum Gasteiger partial charge on any atom is 0.270 e. The van der Waals surface area contributed by atoms with Crippen LogP contribution in [0.15, 0.2) is 30.6 Å². The Labute approximate surface area is 231 Å². The number of aromatic nitrogens is 4. The molecule has 2 saturated heterocycles. The van der Waals surface area contributed by atoms with Crippen molar-refractivity contribution in [3.63, 3.8) is 0 Å². The molecule has 212 valence electrons. The van der Waals surface area contributed by atoms with E-state index in [2.05, 4.69) is 19.9 Å². The van der Waals surface area contributed by atoms with E-state index in [0.29, 0.717) is 35.3 Å². The summed E-state index contributed by atoms with van der Waals surface area (Å²) in [5.41, 5.74) is 1.96. The molecule has 3 aromatic heterocycles. The molecule has 2 amide bonds. The Morgan fingerprint density at radius 2 is 1.85 bits per heavy atom. The maximum absolute atomic E-state index is 13.1. The number of carbonyl (C=O) groups excluding carboxylic acids is 2. The van der Waals surface area contributed by atoms with E-state index in [4.69, 9.17) is 4.98 Å². The molecule has 5 heterocycles. The number of alkyl halides is 2. The van der Waals surface area contributed by atoms with Gasteiger partial charge in [0.15, 0.2) is 0 Å². The van der Waals surface area contributed by atoms with Crippen LogP contribution in [0, 0.1) is 0 Å². The molecule has 1 aliphatic carbocycles. The number of nitrogens with one attached hydrogen (secondary N) is 1. The molecule has 6 rings (SSSR count). The van der Waals surface area contributed by atoms with Crippen LogP contribution in [0.4, 0.5) is 26.2 Å². The average molecular weight is 553 g/mol. The van der Waals surface area contributed by atoms with Gasteiger partial charge in [0.2, 0.25) is 11.9 Å². The van der Waals surface area contributed by atoms with E-state index in [1.165, 1.54) is 0 Å². The molecule has 3 fully saturated rings. The quantitative estimate of drug-likeness (QED) is 0.469. The highest BCUT2D eigenvalue weighted by atomic mass is 19.3. The molecule has 2 bridgehead atoms. The first-order valence-corrected chi connectivity index (χ1v) is 14.0. The molecule has 0 aromatic carbocycles. The van der Waals surface area contributed by atoms with E-state index in [0.717, 1.165) is 43.9 Å². The number of halogens is 2. The first-order valence-electron chi connectivity index (χ1n) is 14.0. The number of hydrogen-bond acceptors (Lipinski definition) is 7. The molecule has 1 N–H and O–H groups in total. The Kier molecular flexibility index (Phi) is 7.11. The van der Waals surface area contributed by atoms with Gasteiger partial charge in [-0.25, -0.2) is 18.7 Å². The van der Waals surface area contributed by atoms with Gasteiger partial charge in [0.25, 0.3) is 12.3 Å². The molecule has 2 atom stereocenters. The smallest absolute Gasteiger partial charge is 0.270 e. The van der Waals surface area contributed by atoms with Crippen LogP contribution in [0.3, 0.4) is 0 Å². The van der Waals surface area contributed by atoms with Crippen molar-refractivity contribution in [2.75, 3.05) is 37.4 Å². The topological polar surface area (TPSA) is 99.5 Å². The predicted octanol–water partition coefficient (Wildman–Crippen LogP) is 4.22. The molecule has 3 aliphatic rings. The summed E-state index contributed by atoms with van der Waals surface area (Å²) in [6, 6.07) is 5.43. The van der Waals surface area contributed by atoms with Crippen LogP contribution in [-0.2, 0) is 4.79 Å². The monoisotopic (exact) mass is 552 g/mol. The Morgan fingerprint density at radius 3 is 2.55 bits per heavy atom. The summed E-state index contributed by atoms with van der Waals surface area (Å²) in [6.45, 7) is 0.0826. The molecule has 1 saturated carbocycles. The minimum absolute atomic E-state index is 0.0646. The van der Waals surface area contributed by atoms with Crippen molar-refractivity contribution in [2.24, 2.45) is 0 Å². The Balaban J connectivity index is 1.22. The van der Waals surface area contributed by atoms with Crippen molar-refractivity contribution >= 4 is 40.3 Å². The third-order valence-corrected chi connectivity index (χ3v) is 8.42. The summed E-state index contributed by atoms with van der Waals surface area (Å²) in [5, 5.41) is 3.95. The van der Waals surface area contributed by atoms with E-state index in [1.807, 2.05) is 6.07 Å². The zero-order valence-electron chi connectivity index (χ0n) is 22.8. The molecule has 3 aromatic rings. The molecular weight excluding hydrogens is 518 g/mol. The number of anilines is 3. The first-order chi connectivity index (χ1) is 19.3. The molecule has 0 radical (unpaired) electrons. The summed E-state index contributed by atoms with van der Waals surface area (Å²) in [6.07, 6.45) is 6.98. The maximum atomic E-state index is 13.1. The zero-order chi connectivity index (χ0) is 28.0. The Bertz CT molecular complexity index is 1400. The van der Waals surface area contributed by atoms with Gasteiger partial charge in [0.05, 0.1) is 18.4 Å². The minimum Gasteiger partial charge on any atom is -0.343 e. The van der Waals surface area contributed by atoms with Crippen molar-refractivity contribution < 1.29 is 18.4 Å². The zero-order valence-corrected chi connectivity index (χ0v) is 22.8. The number of nitrogens with zero attached hydrogens (tertiary/aromatic N) is 7. The summed E-state index contributed by atoms with van der Waals surface area (Å²) in [5.74, 6) is 0.735. The minimum atomic E-state index is -2.42. The first kappa shape index (κ1) is 26.5. The second-order valence-corrected chi connectivity index (χ2v) is 11.2. The second-order valence-electron chi connectivity index (χ2n) is 11.2. The molecular formula is C28H34F2N8O2. The standard InChI is InChI=1S/C28H34F2N8O2/c1-35(2)27(40)22-11-17-13-32-28(34-26(17)38(22)18-5-3-4-6-18)33-24-10-9-20(14-31-24)37-15-21-8-7-19(12-25(37)39)36(21)16-23(29)30/h9-11,13-14,18-19,21,23H,3-8,12,15-16H2,1-2H3,(H,31,32,33,34). The van der Waals surface area contributed by atoms with Crippen molar-refractivity contribution in [1.29, 1.82) is 0 Å². The van der Waals surface area contributed by atoms with Gasteiger partial charge in [-0.2, -0.15) is 4.98 Å². The summed E-state index contributed by atoms with van der Waals surface area (Å²) in [7, 11) is 3.49. The van der Waals surface area contributed by atoms with E-state index >= 15 is 0 Å². The van der Waals surface area contributed by atoms with Gasteiger partial charge in [0.1, 0.15) is 17.2 Å². The summed E-state index contributed by atoms with van der Waals surface area (Å²) < 4.78 is 28.3. The fourth-order valence-electron chi connectivity index (χ4n) is 6.49. The van der Waals surface area contributed by atoms with Crippen LogP contribution in [0.25, 0.3) is 11.0 Å². The van der Waals surface area contributed by atoms with Crippen molar-refractivity contribution in [3.05, 3.63) is 36.3 Å². The van der Waals surface area contributed by atoms with Gasteiger partial charge in [-0.1, -0.05) is 12.8 Å². The number of rotatable bonds is 7. The van der Waals surface area contributed by atoms with Gasteiger partial charge in [0, 0.05) is 56.8 Å². The molecule has 2 unspecified atom stereocenters. The summed E-state index contributed by atoms with van der Waals surface area (Å²) in [4.78, 5) is 44.7. The van der Waals surface area contributed by atoms with Gasteiger partial charge < -0.3 is 19.7 Å². The lowest BCUT2D eigenvalue weighted by molar-refractivity contribution is -0.119. The van der Waals surface area contributed by atoms with Crippen LogP contribution < -0.4 is 10.2 Å². The highest BCUT2D eigenvalue weighted by Crippen LogP contribution is 2.36. The van der Waals surface area contributed by atoms with Crippen LogP contribution in [-0.4, -0.2) is 86.8 Å². The SMILES string of the molecule is CN(C)C(=O)c1cc2cnc(Nc3ccc(N4CC5CCC(CC4=O)N5CC(F)F)cn3)nc2n1C1CCCC1. The Hall–Kier alpha value is -3.67. The van der Waals surface area contributed by atoms with Crippen molar-refractivity contribution in [1.82, 2.24) is 29.3 Å². The molecule has 12 heteroatoms. The van der Waals surface area contributed by atoms with E-state index in [-0.39, 0.29) is 42.9 Å². The number of carbonyl (C=O) groups is 2. The van der Waals surface area contributed by atoms with Gasteiger partial charge >= 0.3 is 0 Å². The average Bonchev–Trinajstić information content (AvgIpc) is 3.64. The largest absolute Gasteiger partial charge is 0.343 e. The van der Waals surface area contributed by atoms with Crippen LogP contribution in [0.1, 0.15) is 61.5 Å². The number of hydrogen-bond donors (Lipinski definition) is 1. The fraction of sp³-hybridized carbons (Fsp3) is 0.536. The lowest BCUT2D eigenvalue weighted by Gasteiger charge is -2.28. The lowest BCUT2D eigenvalue weighted by Crippen LogP contribution is -2.42. The van der Waals surface area contributed by atoms with Crippen LogP contribution in [0.5, 0.6) is 0 Å². The van der Waals surface area contributed by atoms with Gasteiger partial charge in [-0.15, -0.1) is 0 Å². The number of pyridine rings is 1. The molecule has 40 heavy (non-hydrogen) atoms. The third kappa shape index (κ3) is 5.00. The van der Waals surface area contributed by atoms with Crippen molar-refractivity contribution in [2.45, 2.75) is 69.5 Å². The molecule has 10 nitrogen and oxygen atoms in total. The lowest BCUT2D eigenvalue weighted by atomic mass is 10.1. The molecule has 0 spiro atoms. The van der Waals surface area contributed by atoms with Gasteiger partial charge in [-0.3, -0.25) is 14.5 Å². The number of fused-ring (bicyclic) bond motifs is 3. The summed E-state index contributed by atoms with van der Waals surface area (Å²) >= 11 is 0. The predicted molar refractivity (Wildman–Crippen MR) is 147 cm³/mol. The van der Waals surface area contributed by atoms with Crippen molar-refractivity contribution in [3.8, 4) is 0 Å². The van der Waals surface area contributed by atoms with E-state index in [9.17, 15) is 18.4 Å². The van der Waals surface area contributed by atoms with Crippen LogP contribution >= 0.6 is 0 Å². The highest BCUT2D eigenvalue weighted by Gasteiger charge is 2.41. The second kappa shape index (κ2) is 10.7. The van der Waals surface area contributed by atoms with Crippen LogP contribution in [0.2, 0.25) is 0 Å². The highest BCUT2D eigenvalue weighted by molar-refractivity contribution is 5.98. The normalized spacial score (nSPS) is 21.9. The van der Waals surface area contributed by atoms with E-state index < -0.39 is 6.43 Å². The van der Waals surface area contributed by atoms with Gasteiger partial charge in [-0.05, 0) is 43.9 Å². The Morgan fingerprint density at radius 1 is 1.07 bits per heavy atom. The number of amides is 2. The fourth-order valence-corrected chi connectivity index (χ4v) is 6.49.